The van der Waals surface area contributed by atoms with Crippen LogP contribution in [0.15, 0.2) is 24.3 Å². The van der Waals surface area contributed by atoms with Crippen molar-refractivity contribution in [1.82, 2.24) is 5.32 Å². The first kappa shape index (κ1) is 15.2. The molecule has 6 nitrogen and oxygen atoms in total. The van der Waals surface area contributed by atoms with E-state index in [-0.39, 0.29) is 12.3 Å². The fourth-order valence-corrected chi connectivity index (χ4v) is 2.12. The molecule has 1 aliphatic rings. The van der Waals surface area contributed by atoms with Crippen molar-refractivity contribution >= 4 is 23.3 Å². The summed E-state index contributed by atoms with van der Waals surface area (Å²) in [5, 5.41) is 11.8. The van der Waals surface area contributed by atoms with Gasteiger partial charge in [-0.05, 0) is 25.0 Å². The summed E-state index contributed by atoms with van der Waals surface area (Å²) in [5.74, 6) is -0.857. The third-order valence-corrected chi connectivity index (χ3v) is 3.42. The Kier molecular flexibility index (Phi) is 5.03. The van der Waals surface area contributed by atoms with Gasteiger partial charge in [-0.25, -0.2) is 0 Å². The van der Waals surface area contributed by atoms with Crippen LogP contribution in [0.2, 0.25) is 0 Å². The lowest BCUT2D eigenvalue weighted by Crippen LogP contribution is -2.33. The molecule has 0 saturated heterocycles. The highest BCUT2D eigenvalue weighted by atomic mass is 16.4. The molecule has 4 N–H and O–H groups in total. The van der Waals surface area contributed by atoms with Gasteiger partial charge in [-0.3, -0.25) is 9.59 Å². The number of benzene rings is 1. The number of nitrogens with zero attached hydrogens (tertiary/aromatic N) is 1. The molecule has 114 valence electrons. The molecule has 6 heteroatoms. The number of hydrogen-bond acceptors (Lipinski definition) is 4. The van der Waals surface area contributed by atoms with Gasteiger partial charge in [0.05, 0.1) is 17.8 Å². The van der Waals surface area contributed by atoms with Crippen LogP contribution in [0.4, 0.5) is 11.4 Å². The van der Waals surface area contributed by atoms with Gasteiger partial charge in [-0.15, -0.1) is 0 Å². The first-order valence-corrected chi connectivity index (χ1v) is 7.17. The number of carboxylic acids is 1. The Morgan fingerprint density at radius 2 is 1.90 bits per heavy atom. The molecule has 1 aromatic rings. The summed E-state index contributed by atoms with van der Waals surface area (Å²) in [6.45, 7) is 0.792. The molecule has 0 bridgehead atoms. The van der Waals surface area contributed by atoms with E-state index < -0.39 is 5.97 Å². The number of carbonyl (C=O) groups excluding carboxylic acids is 1. The van der Waals surface area contributed by atoms with Gasteiger partial charge in [0.25, 0.3) is 0 Å². The second kappa shape index (κ2) is 6.97. The minimum Gasteiger partial charge on any atom is -0.481 e. The largest absolute Gasteiger partial charge is 0.481 e. The van der Waals surface area contributed by atoms with Crippen molar-refractivity contribution in [2.24, 2.45) is 0 Å². The summed E-state index contributed by atoms with van der Waals surface area (Å²) < 4.78 is 0. The van der Waals surface area contributed by atoms with Crippen molar-refractivity contribution in [3.05, 3.63) is 24.3 Å². The lowest BCUT2D eigenvalue weighted by Gasteiger charge is -2.25. The fraction of sp³-hybridized carbons (Fsp3) is 0.467. The molecule has 0 radical (unpaired) electrons. The Labute approximate surface area is 123 Å². The highest BCUT2D eigenvalue weighted by Crippen LogP contribution is 2.23. The molecular weight excluding hydrogens is 270 g/mol. The monoisotopic (exact) mass is 291 g/mol. The molecule has 2 rings (SSSR count). The van der Waals surface area contributed by atoms with Crippen LogP contribution < -0.4 is 16.0 Å². The van der Waals surface area contributed by atoms with E-state index >= 15 is 0 Å². The van der Waals surface area contributed by atoms with Crippen molar-refractivity contribution in [2.45, 2.75) is 31.7 Å². The molecule has 0 aromatic heterocycles. The van der Waals surface area contributed by atoms with E-state index in [1.165, 1.54) is 0 Å². The van der Waals surface area contributed by atoms with Gasteiger partial charge in [-0.1, -0.05) is 12.1 Å². The lowest BCUT2D eigenvalue weighted by atomic mass is 10.2. The third-order valence-electron chi connectivity index (χ3n) is 3.42. The molecule has 21 heavy (non-hydrogen) atoms. The van der Waals surface area contributed by atoms with Gasteiger partial charge in [-0.2, -0.15) is 0 Å². The second-order valence-corrected chi connectivity index (χ2v) is 5.28. The van der Waals surface area contributed by atoms with E-state index in [2.05, 4.69) is 5.32 Å². The second-order valence-electron chi connectivity index (χ2n) is 5.28. The Hall–Kier alpha value is -2.24. The maximum atomic E-state index is 11.8. The normalized spacial score (nSPS) is 13.7. The van der Waals surface area contributed by atoms with Gasteiger partial charge in [0.1, 0.15) is 0 Å². The number of nitrogen functional groups attached to an aromatic ring is 1. The number of carboxylic acid groups (broad SMARTS) is 1. The van der Waals surface area contributed by atoms with E-state index in [1.807, 2.05) is 23.1 Å². The maximum absolute atomic E-state index is 11.8. The molecule has 0 heterocycles. The number of aliphatic carboxylic acids is 1. The number of nitrogens with two attached hydrogens (primary N) is 1. The number of amides is 1. The summed E-state index contributed by atoms with van der Waals surface area (Å²) in [4.78, 5) is 24.4. The van der Waals surface area contributed by atoms with Gasteiger partial charge in [0.2, 0.25) is 5.91 Å². The molecule has 0 aliphatic heterocycles. The van der Waals surface area contributed by atoms with Crippen LogP contribution in [0.5, 0.6) is 0 Å². The zero-order valence-electron chi connectivity index (χ0n) is 11.9. The van der Waals surface area contributed by atoms with Crippen LogP contribution in [0.1, 0.15) is 25.7 Å². The quantitative estimate of drug-likeness (QED) is 0.626. The number of anilines is 2. The van der Waals surface area contributed by atoms with Crippen LogP contribution in [0.25, 0.3) is 0 Å². The molecule has 1 aliphatic carbocycles. The van der Waals surface area contributed by atoms with Crippen LogP contribution in [0.3, 0.4) is 0 Å². The minimum atomic E-state index is -0.864. The predicted octanol–water partition coefficient (Wildman–Crippen LogP) is 1.22. The van der Waals surface area contributed by atoms with Crippen molar-refractivity contribution in [1.29, 1.82) is 0 Å². The third kappa shape index (κ3) is 4.98. The number of hydrogen-bond donors (Lipinski definition) is 3. The number of nitrogens with one attached hydrogen (secondary N) is 1. The summed E-state index contributed by atoms with van der Waals surface area (Å²) in [6, 6.07) is 7.63. The average Bonchev–Trinajstić information content (AvgIpc) is 3.24. The smallest absolute Gasteiger partial charge is 0.305 e. The number of para-hydroxylation sites is 2. The molecule has 1 saturated carbocycles. The average molecular weight is 291 g/mol. The van der Waals surface area contributed by atoms with Crippen LogP contribution in [-0.2, 0) is 9.59 Å². The Balaban J connectivity index is 1.95. The molecule has 1 amide bonds. The Morgan fingerprint density at radius 1 is 1.24 bits per heavy atom. The van der Waals surface area contributed by atoms with E-state index in [0.29, 0.717) is 31.2 Å². The number of rotatable bonds is 8. The van der Waals surface area contributed by atoms with Gasteiger partial charge >= 0.3 is 5.97 Å². The first-order valence-electron chi connectivity index (χ1n) is 7.17. The van der Waals surface area contributed by atoms with Crippen LogP contribution in [0, 0.1) is 0 Å². The van der Waals surface area contributed by atoms with Crippen LogP contribution >= 0.6 is 0 Å². The predicted molar refractivity (Wildman–Crippen MR) is 81.1 cm³/mol. The standard InChI is InChI=1S/C15H21N3O3/c16-12-3-1-2-4-13(12)18(10-8-15(20)21)9-7-14(19)17-11-5-6-11/h1-4,11H,5-10,16H2,(H,17,19)(H,20,21). The lowest BCUT2D eigenvalue weighted by molar-refractivity contribution is -0.136. The van der Waals surface area contributed by atoms with Gasteiger partial charge in [0, 0.05) is 25.6 Å². The van der Waals surface area contributed by atoms with Crippen LogP contribution in [-0.4, -0.2) is 36.1 Å². The zero-order chi connectivity index (χ0) is 15.2. The minimum absolute atomic E-state index is 0.00678. The molecule has 1 aromatic carbocycles. The van der Waals surface area contributed by atoms with Crippen molar-refractivity contribution < 1.29 is 14.7 Å². The van der Waals surface area contributed by atoms with E-state index in [4.69, 9.17) is 10.8 Å². The number of carbonyl (C=O) groups is 2. The van der Waals surface area contributed by atoms with Gasteiger partial charge < -0.3 is 21.1 Å². The summed E-state index contributed by atoms with van der Waals surface area (Å²) >= 11 is 0. The molecule has 0 atom stereocenters. The topological polar surface area (TPSA) is 95.7 Å². The van der Waals surface area contributed by atoms with E-state index in [0.717, 1.165) is 18.5 Å². The van der Waals surface area contributed by atoms with Crippen molar-refractivity contribution in [3.63, 3.8) is 0 Å². The SMILES string of the molecule is Nc1ccccc1N(CCC(=O)O)CCC(=O)NC1CC1. The first-order chi connectivity index (χ1) is 10.1. The maximum Gasteiger partial charge on any atom is 0.305 e. The molecular formula is C15H21N3O3. The fourth-order valence-electron chi connectivity index (χ4n) is 2.12. The molecule has 1 fully saturated rings. The molecule has 0 unspecified atom stereocenters. The van der Waals surface area contributed by atoms with E-state index in [9.17, 15) is 9.59 Å². The van der Waals surface area contributed by atoms with Crippen molar-refractivity contribution in [3.8, 4) is 0 Å². The highest BCUT2D eigenvalue weighted by Gasteiger charge is 2.23. The summed E-state index contributed by atoms with van der Waals surface area (Å²) in [6.07, 6.45) is 2.46. The Morgan fingerprint density at radius 3 is 2.52 bits per heavy atom. The van der Waals surface area contributed by atoms with Crippen molar-refractivity contribution in [2.75, 3.05) is 23.7 Å². The van der Waals surface area contributed by atoms with E-state index in [1.54, 1.807) is 6.07 Å². The highest BCUT2D eigenvalue weighted by molar-refractivity contribution is 5.78. The zero-order valence-corrected chi connectivity index (χ0v) is 11.9. The van der Waals surface area contributed by atoms with Gasteiger partial charge in [0.15, 0.2) is 0 Å². The summed E-state index contributed by atoms with van der Waals surface area (Å²) in [7, 11) is 0. The summed E-state index contributed by atoms with van der Waals surface area (Å²) in [5.41, 5.74) is 7.30. The molecule has 0 spiro atoms. The Bertz CT molecular complexity index is 515.